The highest BCUT2D eigenvalue weighted by Gasteiger charge is 2.31. The van der Waals surface area contributed by atoms with Gasteiger partial charge in [-0.15, -0.1) is 0 Å². The fourth-order valence-electron chi connectivity index (χ4n) is 1.96. The van der Waals surface area contributed by atoms with Crippen LogP contribution in [-0.2, 0) is 16.9 Å². The van der Waals surface area contributed by atoms with Crippen molar-refractivity contribution in [1.29, 1.82) is 0 Å². The van der Waals surface area contributed by atoms with Gasteiger partial charge in [0.1, 0.15) is 11.4 Å². The van der Waals surface area contributed by atoms with E-state index in [9.17, 15) is 0 Å². The Labute approximate surface area is 104 Å². The quantitative estimate of drug-likeness (QED) is 0.769. The van der Waals surface area contributed by atoms with Crippen molar-refractivity contribution in [3.8, 4) is 0 Å². The molecule has 1 rings (SSSR count). The van der Waals surface area contributed by atoms with Crippen LogP contribution in [-0.4, -0.2) is 23.1 Å². The number of rotatable bonds is 7. The second-order valence-electron chi connectivity index (χ2n) is 4.70. The first-order chi connectivity index (χ1) is 8.07. The average molecular weight is 239 g/mol. The lowest BCUT2D eigenvalue weighted by atomic mass is 9.96. The van der Waals surface area contributed by atoms with Gasteiger partial charge >= 0.3 is 0 Å². The van der Waals surface area contributed by atoms with Crippen LogP contribution in [0.3, 0.4) is 0 Å². The van der Waals surface area contributed by atoms with Crippen LogP contribution in [0.4, 0.5) is 0 Å². The molecule has 0 fully saturated rings. The third kappa shape index (κ3) is 3.30. The molecule has 98 valence electrons. The van der Waals surface area contributed by atoms with E-state index in [-0.39, 0.29) is 5.60 Å². The van der Waals surface area contributed by atoms with Crippen molar-refractivity contribution in [2.75, 3.05) is 7.11 Å². The molecule has 0 radical (unpaired) electrons. The minimum Gasteiger partial charge on any atom is -0.370 e. The molecule has 0 aliphatic rings. The van der Waals surface area contributed by atoms with Crippen LogP contribution in [0.15, 0.2) is 6.20 Å². The van der Waals surface area contributed by atoms with Gasteiger partial charge in [0, 0.05) is 31.6 Å². The molecule has 17 heavy (non-hydrogen) atoms. The number of nitrogens with zero attached hydrogens (tertiary/aromatic N) is 1. The third-order valence-corrected chi connectivity index (χ3v) is 3.29. The maximum absolute atomic E-state index is 5.65. The van der Waals surface area contributed by atoms with Crippen molar-refractivity contribution in [2.24, 2.45) is 0 Å². The van der Waals surface area contributed by atoms with E-state index in [0.717, 1.165) is 30.9 Å². The Bertz CT molecular complexity index is 321. The second-order valence-corrected chi connectivity index (χ2v) is 4.70. The van der Waals surface area contributed by atoms with Crippen LogP contribution in [0, 0.1) is 0 Å². The van der Waals surface area contributed by atoms with Crippen molar-refractivity contribution in [3.63, 3.8) is 0 Å². The Morgan fingerprint density at radius 1 is 1.41 bits per heavy atom. The number of methoxy groups -OCH3 is 1. The maximum atomic E-state index is 5.65. The van der Waals surface area contributed by atoms with Crippen molar-refractivity contribution < 1.29 is 4.74 Å². The number of aromatic amines is 1. The lowest BCUT2D eigenvalue weighted by Gasteiger charge is -2.27. The number of H-pyrrole nitrogens is 1. The summed E-state index contributed by atoms with van der Waals surface area (Å²) in [5, 5.41) is 3.37. The zero-order valence-corrected chi connectivity index (χ0v) is 11.6. The largest absolute Gasteiger partial charge is 0.370 e. The summed E-state index contributed by atoms with van der Waals surface area (Å²) in [7, 11) is 1.75. The second kappa shape index (κ2) is 6.17. The SMILES string of the molecule is CCC(CC)(OC)c1ncc(CNC(C)C)[nH]1. The fraction of sp³-hybridized carbons (Fsp3) is 0.769. The summed E-state index contributed by atoms with van der Waals surface area (Å²) < 4.78 is 5.65. The molecule has 0 spiro atoms. The molecule has 0 saturated carbocycles. The van der Waals surface area contributed by atoms with Crippen molar-refractivity contribution in [3.05, 3.63) is 17.7 Å². The van der Waals surface area contributed by atoms with Gasteiger partial charge in [0.25, 0.3) is 0 Å². The summed E-state index contributed by atoms with van der Waals surface area (Å²) in [4.78, 5) is 7.82. The van der Waals surface area contributed by atoms with Gasteiger partial charge in [0.15, 0.2) is 0 Å². The summed E-state index contributed by atoms with van der Waals surface area (Å²) in [6.07, 6.45) is 3.74. The van der Waals surface area contributed by atoms with Crippen LogP contribution >= 0.6 is 0 Å². The van der Waals surface area contributed by atoms with Gasteiger partial charge in [-0.2, -0.15) is 0 Å². The molecule has 0 aliphatic heterocycles. The molecule has 1 heterocycles. The van der Waals surface area contributed by atoms with E-state index >= 15 is 0 Å². The number of hydrogen-bond donors (Lipinski definition) is 2. The molecule has 4 nitrogen and oxygen atoms in total. The van der Waals surface area contributed by atoms with Crippen LogP contribution in [0.1, 0.15) is 52.1 Å². The predicted molar refractivity (Wildman–Crippen MR) is 69.8 cm³/mol. The molecule has 0 bridgehead atoms. The lowest BCUT2D eigenvalue weighted by Crippen LogP contribution is -2.28. The summed E-state index contributed by atoms with van der Waals surface area (Å²) >= 11 is 0. The lowest BCUT2D eigenvalue weighted by molar-refractivity contribution is -0.0285. The van der Waals surface area contributed by atoms with Crippen LogP contribution in [0.5, 0.6) is 0 Å². The smallest absolute Gasteiger partial charge is 0.138 e. The Morgan fingerprint density at radius 3 is 2.53 bits per heavy atom. The molecule has 2 N–H and O–H groups in total. The van der Waals surface area contributed by atoms with Crippen LogP contribution in [0.2, 0.25) is 0 Å². The highest BCUT2D eigenvalue weighted by Crippen LogP contribution is 2.29. The van der Waals surface area contributed by atoms with Crippen molar-refractivity contribution in [2.45, 2.75) is 58.7 Å². The Morgan fingerprint density at radius 2 is 2.06 bits per heavy atom. The Kier molecular flexibility index (Phi) is 5.15. The van der Waals surface area contributed by atoms with Gasteiger partial charge in [-0.05, 0) is 12.8 Å². The van der Waals surface area contributed by atoms with Gasteiger partial charge in [-0.3, -0.25) is 0 Å². The zero-order valence-electron chi connectivity index (χ0n) is 11.6. The highest BCUT2D eigenvalue weighted by atomic mass is 16.5. The van der Waals surface area contributed by atoms with Crippen LogP contribution < -0.4 is 5.32 Å². The first-order valence-electron chi connectivity index (χ1n) is 6.40. The molecular weight excluding hydrogens is 214 g/mol. The van der Waals surface area contributed by atoms with Crippen molar-refractivity contribution in [1.82, 2.24) is 15.3 Å². The minimum atomic E-state index is -0.268. The van der Waals surface area contributed by atoms with Gasteiger partial charge in [-0.1, -0.05) is 27.7 Å². The Balaban J connectivity index is 2.78. The summed E-state index contributed by atoms with van der Waals surface area (Å²) in [5.41, 5.74) is 0.841. The first-order valence-corrected chi connectivity index (χ1v) is 6.40. The molecule has 0 aromatic carbocycles. The molecule has 0 aliphatic carbocycles. The van der Waals surface area contributed by atoms with Gasteiger partial charge in [-0.25, -0.2) is 4.98 Å². The van der Waals surface area contributed by atoms with E-state index < -0.39 is 0 Å². The molecule has 1 aromatic heterocycles. The number of ether oxygens (including phenoxy) is 1. The van der Waals surface area contributed by atoms with E-state index in [4.69, 9.17) is 4.74 Å². The maximum Gasteiger partial charge on any atom is 0.138 e. The normalized spacial score (nSPS) is 12.4. The van der Waals surface area contributed by atoms with Gasteiger partial charge < -0.3 is 15.0 Å². The molecular formula is C13H25N3O. The number of imidazole rings is 1. The topological polar surface area (TPSA) is 49.9 Å². The molecule has 0 atom stereocenters. The molecule has 0 unspecified atom stereocenters. The Hall–Kier alpha value is -0.870. The van der Waals surface area contributed by atoms with E-state index in [1.807, 2.05) is 6.20 Å². The number of nitrogens with one attached hydrogen (secondary N) is 2. The summed E-state index contributed by atoms with van der Waals surface area (Å²) in [6, 6.07) is 0.478. The van der Waals surface area contributed by atoms with E-state index in [1.165, 1.54) is 0 Å². The van der Waals surface area contributed by atoms with Gasteiger partial charge in [0.2, 0.25) is 0 Å². The number of hydrogen-bond acceptors (Lipinski definition) is 3. The van der Waals surface area contributed by atoms with Gasteiger partial charge in [0.05, 0.1) is 0 Å². The molecule has 1 aromatic rings. The molecule has 0 saturated heterocycles. The summed E-state index contributed by atoms with van der Waals surface area (Å²) in [6.45, 7) is 9.34. The van der Waals surface area contributed by atoms with Crippen LogP contribution in [0.25, 0.3) is 0 Å². The highest BCUT2D eigenvalue weighted by molar-refractivity contribution is 5.08. The average Bonchev–Trinajstić information content (AvgIpc) is 2.79. The third-order valence-electron chi connectivity index (χ3n) is 3.29. The predicted octanol–water partition coefficient (Wildman–Crippen LogP) is 2.57. The molecule has 4 heteroatoms. The monoisotopic (exact) mass is 239 g/mol. The van der Waals surface area contributed by atoms with E-state index in [2.05, 4.69) is 43.0 Å². The summed E-state index contributed by atoms with van der Waals surface area (Å²) in [5.74, 6) is 0.936. The minimum absolute atomic E-state index is 0.268. The molecule has 0 amide bonds. The first kappa shape index (κ1) is 14.2. The fourth-order valence-corrected chi connectivity index (χ4v) is 1.96. The number of aromatic nitrogens is 2. The van der Waals surface area contributed by atoms with Crippen molar-refractivity contribution >= 4 is 0 Å². The van der Waals surface area contributed by atoms with E-state index in [1.54, 1.807) is 7.11 Å². The zero-order chi connectivity index (χ0) is 12.9. The standard InChI is InChI=1S/C13H25N3O/c1-6-13(7-2,17-5)12-15-9-11(16-12)8-14-10(3)4/h9-10,14H,6-8H2,1-5H3,(H,15,16). The van der Waals surface area contributed by atoms with E-state index in [0.29, 0.717) is 6.04 Å².